The minimum atomic E-state index is 0.315. The van der Waals surface area contributed by atoms with Gasteiger partial charge in [0.05, 0.1) is 0 Å². The smallest absolute Gasteiger partial charge is 0.0460 e. The van der Waals surface area contributed by atoms with E-state index in [2.05, 4.69) is 26.1 Å². The van der Waals surface area contributed by atoms with Crippen LogP contribution in [0.25, 0.3) is 0 Å². The van der Waals surface area contributed by atoms with Crippen molar-refractivity contribution < 1.29 is 0 Å². The van der Waals surface area contributed by atoms with Crippen LogP contribution < -0.4 is 5.32 Å². The summed E-state index contributed by atoms with van der Waals surface area (Å²) in [6.45, 7) is 7.56. The molecule has 0 aromatic rings. The van der Waals surface area contributed by atoms with Crippen molar-refractivity contribution in [1.82, 2.24) is 5.32 Å². The lowest BCUT2D eigenvalue weighted by molar-refractivity contribution is 0.475. The Bertz CT molecular complexity index is 91.8. The molecule has 0 saturated carbocycles. The van der Waals surface area contributed by atoms with Gasteiger partial charge in [-0.15, -0.1) is 11.6 Å². The second-order valence-electron chi connectivity index (χ2n) is 3.31. The SMILES string of the molecule is CCCC(Cl)CNC(CC)CC. The summed E-state index contributed by atoms with van der Waals surface area (Å²) in [6.07, 6.45) is 4.70. The summed E-state index contributed by atoms with van der Waals surface area (Å²) in [5.74, 6) is 0. The summed E-state index contributed by atoms with van der Waals surface area (Å²) in [5, 5.41) is 3.79. The number of halogens is 1. The molecule has 0 aliphatic heterocycles. The summed E-state index contributed by atoms with van der Waals surface area (Å²) in [4.78, 5) is 0. The van der Waals surface area contributed by atoms with Gasteiger partial charge >= 0.3 is 0 Å². The van der Waals surface area contributed by atoms with E-state index in [0.717, 1.165) is 13.0 Å². The number of hydrogen-bond donors (Lipinski definition) is 1. The molecular formula is C10H22ClN. The van der Waals surface area contributed by atoms with Crippen molar-refractivity contribution in [1.29, 1.82) is 0 Å². The van der Waals surface area contributed by atoms with Gasteiger partial charge in [0.25, 0.3) is 0 Å². The molecule has 0 heterocycles. The maximum Gasteiger partial charge on any atom is 0.0460 e. The molecule has 0 aliphatic carbocycles. The molecule has 1 atom stereocenters. The predicted octanol–water partition coefficient (Wildman–Crippen LogP) is 3.17. The standard InChI is InChI=1S/C10H22ClN/c1-4-7-9(11)8-12-10(5-2)6-3/h9-10,12H,4-8H2,1-3H3. The van der Waals surface area contributed by atoms with Crippen molar-refractivity contribution in [3.8, 4) is 0 Å². The molecule has 0 saturated heterocycles. The molecule has 0 aliphatic rings. The first-order valence-corrected chi connectivity index (χ1v) is 5.55. The Hall–Kier alpha value is 0.250. The Labute approximate surface area is 81.9 Å². The van der Waals surface area contributed by atoms with Crippen molar-refractivity contribution in [3.63, 3.8) is 0 Å². The van der Waals surface area contributed by atoms with Crippen LogP contribution in [-0.2, 0) is 0 Å². The fourth-order valence-electron chi connectivity index (χ4n) is 1.29. The molecule has 0 aromatic carbocycles. The first kappa shape index (κ1) is 12.2. The highest BCUT2D eigenvalue weighted by Crippen LogP contribution is 2.05. The zero-order chi connectivity index (χ0) is 9.40. The van der Waals surface area contributed by atoms with Crippen molar-refractivity contribution in [2.24, 2.45) is 0 Å². The second kappa shape index (κ2) is 7.88. The predicted molar refractivity (Wildman–Crippen MR) is 56.9 cm³/mol. The molecule has 2 heteroatoms. The third-order valence-electron chi connectivity index (χ3n) is 2.22. The van der Waals surface area contributed by atoms with Gasteiger partial charge in [0.1, 0.15) is 0 Å². The molecule has 0 aromatic heterocycles. The Morgan fingerprint density at radius 2 is 1.75 bits per heavy atom. The average Bonchev–Trinajstić information content (AvgIpc) is 2.07. The Morgan fingerprint density at radius 1 is 1.17 bits per heavy atom. The van der Waals surface area contributed by atoms with Crippen molar-refractivity contribution in [3.05, 3.63) is 0 Å². The van der Waals surface area contributed by atoms with Gasteiger partial charge in [-0.2, -0.15) is 0 Å². The van der Waals surface area contributed by atoms with Gasteiger partial charge in [0, 0.05) is 18.0 Å². The molecule has 74 valence electrons. The second-order valence-corrected chi connectivity index (χ2v) is 3.92. The molecule has 1 N–H and O–H groups in total. The lowest BCUT2D eigenvalue weighted by Crippen LogP contribution is -2.32. The molecule has 0 spiro atoms. The van der Waals surface area contributed by atoms with Crippen LogP contribution in [0.15, 0.2) is 0 Å². The number of hydrogen-bond acceptors (Lipinski definition) is 1. The van der Waals surface area contributed by atoms with Crippen LogP contribution in [0.4, 0.5) is 0 Å². The van der Waals surface area contributed by atoms with Crippen LogP contribution in [0.1, 0.15) is 46.5 Å². The number of rotatable bonds is 7. The summed E-state index contributed by atoms with van der Waals surface area (Å²) in [7, 11) is 0. The van der Waals surface area contributed by atoms with Gasteiger partial charge in [-0.25, -0.2) is 0 Å². The fourth-order valence-corrected chi connectivity index (χ4v) is 1.59. The molecule has 1 nitrogen and oxygen atoms in total. The van der Waals surface area contributed by atoms with E-state index in [-0.39, 0.29) is 0 Å². The molecule has 0 bridgehead atoms. The van der Waals surface area contributed by atoms with Gasteiger partial charge < -0.3 is 5.32 Å². The molecule has 0 radical (unpaired) electrons. The van der Waals surface area contributed by atoms with Gasteiger partial charge in [-0.05, 0) is 19.3 Å². The van der Waals surface area contributed by atoms with Crippen LogP contribution in [-0.4, -0.2) is 18.0 Å². The zero-order valence-electron chi connectivity index (χ0n) is 8.57. The van der Waals surface area contributed by atoms with Crippen LogP contribution in [0, 0.1) is 0 Å². The van der Waals surface area contributed by atoms with Crippen LogP contribution in [0.3, 0.4) is 0 Å². The monoisotopic (exact) mass is 191 g/mol. The first-order chi connectivity index (χ1) is 5.74. The highest BCUT2D eigenvalue weighted by Gasteiger charge is 2.06. The zero-order valence-corrected chi connectivity index (χ0v) is 9.32. The van der Waals surface area contributed by atoms with E-state index >= 15 is 0 Å². The largest absolute Gasteiger partial charge is 0.313 e. The summed E-state index contributed by atoms with van der Waals surface area (Å²) < 4.78 is 0. The lowest BCUT2D eigenvalue weighted by atomic mass is 10.1. The van der Waals surface area contributed by atoms with E-state index in [1.807, 2.05) is 0 Å². The molecule has 0 fully saturated rings. The third kappa shape index (κ3) is 5.84. The maximum absolute atomic E-state index is 6.08. The van der Waals surface area contributed by atoms with Gasteiger partial charge in [0.15, 0.2) is 0 Å². The van der Waals surface area contributed by atoms with E-state index in [1.54, 1.807) is 0 Å². The normalized spacial score (nSPS) is 13.8. The maximum atomic E-state index is 6.08. The van der Waals surface area contributed by atoms with E-state index in [1.165, 1.54) is 19.3 Å². The van der Waals surface area contributed by atoms with Crippen molar-refractivity contribution in [2.75, 3.05) is 6.54 Å². The quantitative estimate of drug-likeness (QED) is 0.610. The van der Waals surface area contributed by atoms with Gasteiger partial charge in [-0.1, -0.05) is 27.2 Å². The Kier molecular flexibility index (Phi) is 8.04. The summed E-state index contributed by atoms with van der Waals surface area (Å²) in [6, 6.07) is 0.656. The van der Waals surface area contributed by atoms with Crippen LogP contribution >= 0.6 is 11.6 Å². The minimum Gasteiger partial charge on any atom is -0.313 e. The van der Waals surface area contributed by atoms with Gasteiger partial charge in [-0.3, -0.25) is 0 Å². The Morgan fingerprint density at radius 3 is 2.17 bits per heavy atom. The third-order valence-corrected chi connectivity index (χ3v) is 2.59. The van der Waals surface area contributed by atoms with Crippen molar-refractivity contribution >= 4 is 11.6 Å². The summed E-state index contributed by atoms with van der Waals surface area (Å²) in [5.41, 5.74) is 0. The highest BCUT2D eigenvalue weighted by molar-refractivity contribution is 6.20. The summed E-state index contributed by atoms with van der Waals surface area (Å²) >= 11 is 6.08. The first-order valence-electron chi connectivity index (χ1n) is 5.11. The van der Waals surface area contributed by atoms with E-state index in [0.29, 0.717) is 11.4 Å². The molecule has 12 heavy (non-hydrogen) atoms. The van der Waals surface area contributed by atoms with E-state index < -0.39 is 0 Å². The van der Waals surface area contributed by atoms with Crippen LogP contribution in [0.5, 0.6) is 0 Å². The lowest BCUT2D eigenvalue weighted by Gasteiger charge is -2.16. The topological polar surface area (TPSA) is 12.0 Å². The van der Waals surface area contributed by atoms with E-state index in [9.17, 15) is 0 Å². The molecule has 0 rings (SSSR count). The molecular weight excluding hydrogens is 170 g/mol. The number of nitrogens with one attached hydrogen (secondary N) is 1. The fraction of sp³-hybridized carbons (Fsp3) is 1.00. The highest BCUT2D eigenvalue weighted by atomic mass is 35.5. The van der Waals surface area contributed by atoms with Crippen molar-refractivity contribution in [2.45, 2.75) is 57.9 Å². The van der Waals surface area contributed by atoms with Gasteiger partial charge in [0.2, 0.25) is 0 Å². The minimum absolute atomic E-state index is 0.315. The van der Waals surface area contributed by atoms with Crippen LogP contribution in [0.2, 0.25) is 0 Å². The van der Waals surface area contributed by atoms with E-state index in [4.69, 9.17) is 11.6 Å². The average molecular weight is 192 g/mol. The number of alkyl halides is 1. The Balaban J connectivity index is 3.37. The molecule has 0 amide bonds. The molecule has 1 unspecified atom stereocenters.